The molecule has 5 heteroatoms. The number of nitrogens with one attached hydrogen (secondary N) is 1. The molecule has 4 nitrogen and oxygen atoms in total. The summed E-state index contributed by atoms with van der Waals surface area (Å²) in [5, 5.41) is 13.8. The van der Waals surface area contributed by atoms with Crippen LogP contribution in [0.25, 0.3) is 0 Å². The number of aromatic nitrogens is 1. The van der Waals surface area contributed by atoms with Crippen LogP contribution in [0.4, 0.5) is 0 Å². The van der Waals surface area contributed by atoms with E-state index in [0.717, 1.165) is 12.2 Å². The molecule has 1 atom stereocenters. The topological polar surface area (TPSA) is 58.3 Å². The summed E-state index contributed by atoms with van der Waals surface area (Å²) in [5.41, 5.74) is 0. The van der Waals surface area contributed by atoms with Crippen molar-refractivity contribution in [2.75, 3.05) is 6.61 Å². The van der Waals surface area contributed by atoms with E-state index in [1.165, 1.54) is 9.88 Å². The highest BCUT2D eigenvalue weighted by molar-refractivity contribution is 7.11. The van der Waals surface area contributed by atoms with E-state index in [4.69, 9.17) is 4.42 Å². The molecule has 2 heterocycles. The minimum absolute atomic E-state index is 0.0190. The summed E-state index contributed by atoms with van der Waals surface area (Å²) < 4.78 is 5.30. The summed E-state index contributed by atoms with van der Waals surface area (Å²) in [6.07, 6.45) is 4.55. The first-order chi connectivity index (χ1) is 9.19. The predicted octanol–water partition coefficient (Wildman–Crippen LogP) is 2.76. The van der Waals surface area contributed by atoms with E-state index < -0.39 is 0 Å². The molecule has 0 saturated heterocycles. The second-order valence-corrected chi connectivity index (χ2v) is 6.15. The third-order valence-corrected chi connectivity index (χ3v) is 3.80. The fourth-order valence-electron chi connectivity index (χ4n) is 1.84. The van der Waals surface area contributed by atoms with Gasteiger partial charge >= 0.3 is 0 Å². The monoisotopic (exact) mass is 280 g/mol. The van der Waals surface area contributed by atoms with Gasteiger partial charge in [0.25, 0.3) is 0 Å². The largest absolute Gasteiger partial charge is 0.468 e. The highest BCUT2D eigenvalue weighted by Gasteiger charge is 2.13. The summed E-state index contributed by atoms with van der Waals surface area (Å²) >= 11 is 1.73. The van der Waals surface area contributed by atoms with Gasteiger partial charge in [-0.2, -0.15) is 0 Å². The first-order valence-electron chi connectivity index (χ1n) is 6.50. The van der Waals surface area contributed by atoms with E-state index in [-0.39, 0.29) is 12.6 Å². The Morgan fingerprint density at radius 2 is 2.32 bits per heavy atom. The van der Waals surface area contributed by atoms with Crippen LogP contribution in [-0.2, 0) is 13.0 Å². The van der Waals surface area contributed by atoms with Gasteiger partial charge in [-0.15, -0.1) is 11.3 Å². The Bertz CT molecular complexity index is 479. The molecule has 0 aliphatic rings. The molecule has 0 spiro atoms. The molecule has 0 bridgehead atoms. The first-order valence-corrected chi connectivity index (χ1v) is 7.32. The Morgan fingerprint density at radius 1 is 1.47 bits per heavy atom. The Balaban J connectivity index is 1.89. The van der Waals surface area contributed by atoms with Crippen LogP contribution in [0.5, 0.6) is 0 Å². The SMILES string of the molecule is CC(C)Cc1ncc(CNC(CO)c2ccco2)s1. The molecule has 2 aromatic rings. The lowest BCUT2D eigenvalue weighted by Gasteiger charge is -2.12. The van der Waals surface area contributed by atoms with Crippen molar-refractivity contribution in [2.45, 2.75) is 32.9 Å². The molecule has 0 saturated carbocycles. The molecule has 0 aromatic carbocycles. The number of hydrogen-bond acceptors (Lipinski definition) is 5. The van der Waals surface area contributed by atoms with Crippen LogP contribution in [0.15, 0.2) is 29.0 Å². The van der Waals surface area contributed by atoms with Crippen molar-refractivity contribution in [3.05, 3.63) is 40.2 Å². The standard InChI is InChI=1S/C14H20N2O2S/c1-10(2)6-14-16-8-11(19-14)7-15-12(9-17)13-4-3-5-18-13/h3-5,8,10,12,15,17H,6-7,9H2,1-2H3. The molecular weight excluding hydrogens is 260 g/mol. The lowest BCUT2D eigenvalue weighted by molar-refractivity contribution is 0.226. The zero-order valence-corrected chi connectivity index (χ0v) is 12.1. The zero-order chi connectivity index (χ0) is 13.7. The van der Waals surface area contributed by atoms with Gasteiger partial charge in [0, 0.05) is 24.0 Å². The normalized spacial score (nSPS) is 13.1. The Labute approximate surface area is 117 Å². The first kappa shape index (κ1) is 14.2. The number of nitrogens with zero attached hydrogens (tertiary/aromatic N) is 1. The van der Waals surface area contributed by atoms with Gasteiger partial charge in [0.1, 0.15) is 5.76 Å². The molecular formula is C14H20N2O2S. The summed E-state index contributed by atoms with van der Waals surface area (Å²) in [6, 6.07) is 3.53. The van der Waals surface area contributed by atoms with Crippen molar-refractivity contribution in [1.82, 2.24) is 10.3 Å². The second-order valence-electron chi connectivity index (χ2n) is 4.95. The molecule has 2 rings (SSSR count). The van der Waals surface area contributed by atoms with Crippen molar-refractivity contribution in [3.8, 4) is 0 Å². The van der Waals surface area contributed by atoms with Crippen LogP contribution in [0.3, 0.4) is 0 Å². The summed E-state index contributed by atoms with van der Waals surface area (Å²) in [5.74, 6) is 1.38. The average molecular weight is 280 g/mol. The van der Waals surface area contributed by atoms with Gasteiger partial charge in [-0.3, -0.25) is 0 Å². The second kappa shape index (κ2) is 6.84. The molecule has 0 radical (unpaired) electrons. The van der Waals surface area contributed by atoms with E-state index in [9.17, 15) is 5.11 Å². The summed E-state index contributed by atoms with van der Waals surface area (Å²) in [7, 11) is 0. The van der Waals surface area contributed by atoms with E-state index in [0.29, 0.717) is 12.5 Å². The highest BCUT2D eigenvalue weighted by atomic mass is 32.1. The lowest BCUT2D eigenvalue weighted by atomic mass is 10.1. The molecule has 1 unspecified atom stereocenters. The van der Waals surface area contributed by atoms with Crippen molar-refractivity contribution in [2.24, 2.45) is 5.92 Å². The van der Waals surface area contributed by atoms with E-state index in [1.807, 2.05) is 18.3 Å². The number of aliphatic hydroxyl groups excluding tert-OH is 1. The Morgan fingerprint density at radius 3 is 2.95 bits per heavy atom. The fraction of sp³-hybridized carbons (Fsp3) is 0.500. The molecule has 0 fully saturated rings. The maximum Gasteiger partial charge on any atom is 0.123 e. The molecule has 0 aliphatic heterocycles. The smallest absolute Gasteiger partial charge is 0.123 e. The third kappa shape index (κ3) is 4.16. The molecule has 0 aliphatic carbocycles. The lowest BCUT2D eigenvalue weighted by Crippen LogP contribution is -2.23. The van der Waals surface area contributed by atoms with Crippen LogP contribution in [0.2, 0.25) is 0 Å². The van der Waals surface area contributed by atoms with Crippen LogP contribution in [0.1, 0.15) is 35.5 Å². The van der Waals surface area contributed by atoms with Crippen LogP contribution in [-0.4, -0.2) is 16.7 Å². The Hall–Kier alpha value is -1.17. The molecule has 104 valence electrons. The van der Waals surface area contributed by atoms with Crippen molar-refractivity contribution < 1.29 is 9.52 Å². The Kier molecular flexibility index (Phi) is 5.13. The maximum atomic E-state index is 9.37. The number of aliphatic hydroxyl groups is 1. The van der Waals surface area contributed by atoms with Gasteiger partial charge < -0.3 is 14.8 Å². The molecule has 0 amide bonds. The van der Waals surface area contributed by atoms with Gasteiger partial charge in [-0.1, -0.05) is 13.8 Å². The number of furan rings is 1. The average Bonchev–Trinajstić information content (AvgIpc) is 3.01. The van der Waals surface area contributed by atoms with Gasteiger partial charge in [-0.25, -0.2) is 4.98 Å². The minimum Gasteiger partial charge on any atom is -0.468 e. The number of thiazole rings is 1. The van der Waals surface area contributed by atoms with Crippen molar-refractivity contribution >= 4 is 11.3 Å². The van der Waals surface area contributed by atoms with Crippen molar-refractivity contribution in [1.29, 1.82) is 0 Å². The van der Waals surface area contributed by atoms with Crippen molar-refractivity contribution in [3.63, 3.8) is 0 Å². The highest BCUT2D eigenvalue weighted by Crippen LogP contribution is 2.18. The third-order valence-electron chi connectivity index (χ3n) is 2.78. The van der Waals surface area contributed by atoms with Gasteiger partial charge in [0.15, 0.2) is 0 Å². The minimum atomic E-state index is -0.161. The maximum absolute atomic E-state index is 9.37. The fourth-order valence-corrected chi connectivity index (χ4v) is 2.93. The van der Waals surface area contributed by atoms with Gasteiger partial charge in [0.05, 0.1) is 23.9 Å². The predicted molar refractivity (Wildman–Crippen MR) is 76.0 cm³/mol. The van der Waals surface area contributed by atoms with Gasteiger partial charge in [-0.05, 0) is 18.1 Å². The number of hydrogen-bond donors (Lipinski definition) is 2. The molecule has 19 heavy (non-hydrogen) atoms. The van der Waals surface area contributed by atoms with Crippen LogP contribution >= 0.6 is 11.3 Å². The van der Waals surface area contributed by atoms with E-state index in [2.05, 4.69) is 24.1 Å². The number of rotatable bonds is 7. The quantitative estimate of drug-likeness (QED) is 0.819. The molecule has 2 N–H and O–H groups in total. The van der Waals surface area contributed by atoms with Crippen LogP contribution in [0, 0.1) is 5.92 Å². The van der Waals surface area contributed by atoms with E-state index >= 15 is 0 Å². The van der Waals surface area contributed by atoms with Gasteiger partial charge in [0.2, 0.25) is 0 Å². The summed E-state index contributed by atoms with van der Waals surface area (Å²) in [6.45, 7) is 5.10. The van der Waals surface area contributed by atoms with Crippen LogP contribution < -0.4 is 5.32 Å². The van der Waals surface area contributed by atoms with E-state index in [1.54, 1.807) is 17.6 Å². The zero-order valence-electron chi connectivity index (χ0n) is 11.3. The molecule has 2 aromatic heterocycles. The summed E-state index contributed by atoms with van der Waals surface area (Å²) in [4.78, 5) is 5.60.